The van der Waals surface area contributed by atoms with Gasteiger partial charge in [-0.3, -0.25) is 4.72 Å². The summed E-state index contributed by atoms with van der Waals surface area (Å²) in [6.07, 6.45) is 0. The minimum atomic E-state index is -4.07. The van der Waals surface area contributed by atoms with E-state index < -0.39 is 22.0 Å². The predicted octanol–water partition coefficient (Wildman–Crippen LogP) is 2.28. The fraction of sp³-hybridized carbons (Fsp3) is 0.125. The molecule has 0 atom stereocenters. The zero-order chi connectivity index (χ0) is 17.9. The lowest BCUT2D eigenvalue weighted by Crippen LogP contribution is -2.17. The summed E-state index contributed by atoms with van der Waals surface area (Å²) >= 11 is 0. The van der Waals surface area contributed by atoms with Crippen molar-refractivity contribution in [2.45, 2.75) is 11.8 Å². The number of para-hydroxylation sites is 1. The van der Waals surface area contributed by atoms with Crippen molar-refractivity contribution < 1.29 is 27.9 Å². The van der Waals surface area contributed by atoms with Crippen LogP contribution in [0.2, 0.25) is 0 Å². The standard InChI is InChI=1S/C16H15NO6S/c1-10-7-8-11(9-13(10)15(18)19)24(21,22)17-14-6-4-3-5-12(14)16(20)23-2/h3-9,17H,1-2H3,(H,18,19). The molecule has 8 heteroatoms. The van der Waals surface area contributed by atoms with Crippen LogP contribution in [0.4, 0.5) is 5.69 Å². The normalized spacial score (nSPS) is 10.9. The second-order valence-corrected chi connectivity index (χ2v) is 6.61. The number of methoxy groups -OCH3 is 1. The molecule has 2 rings (SSSR count). The molecular weight excluding hydrogens is 334 g/mol. The van der Waals surface area contributed by atoms with E-state index in [9.17, 15) is 18.0 Å². The van der Waals surface area contributed by atoms with Gasteiger partial charge in [0.15, 0.2) is 0 Å². The van der Waals surface area contributed by atoms with Crippen LogP contribution in [0.3, 0.4) is 0 Å². The smallest absolute Gasteiger partial charge is 0.339 e. The van der Waals surface area contributed by atoms with Crippen molar-refractivity contribution in [1.82, 2.24) is 0 Å². The van der Waals surface area contributed by atoms with E-state index in [4.69, 9.17) is 5.11 Å². The maximum absolute atomic E-state index is 12.5. The summed E-state index contributed by atoms with van der Waals surface area (Å²) in [4.78, 5) is 22.7. The van der Waals surface area contributed by atoms with Gasteiger partial charge in [0.25, 0.3) is 10.0 Å². The van der Waals surface area contributed by atoms with Crippen molar-refractivity contribution >= 4 is 27.6 Å². The van der Waals surface area contributed by atoms with Gasteiger partial charge in [-0.15, -0.1) is 0 Å². The van der Waals surface area contributed by atoms with E-state index in [-0.39, 0.29) is 21.7 Å². The molecule has 7 nitrogen and oxygen atoms in total. The number of carboxylic acid groups (broad SMARTS) is 1. The zero-order valence-electron chi connectivity index (χ0n) is 12.9. The lowest BCUT2D eigenvalue weighted by atomic mass is 10.1. The van der Waals surface area contributed by atoms with E-state index in [0.717, 1.165) is 6.07 Å². The molecule has 126 valence electrons. The van der Waals surface area contributed by atoms with Crippen molar-refractivity contribution in [2.24, 2.45) is 0 Å². The Bertz CT molecular complexity index is 905. The molecule has 0 bridgehead atoms. The number of nitrogens with one attached hydrogen (secondary N) is 1. The predicted molar refractivity (Wildman–Crippen MR) is 86.7 cm³/mol. The number of hydrogen-bond acceptors (Lipinski definition) is 5. The van der Waals surface area contributed by atoms with E-state index in [1.807, 2.05) is 0 Å². The maximum Gasteiger partial charge on any atom is 0.339 e. The van der Waals surface area contributed by atoms with Gasteiger partial charge in [-0.25, -0.2) is 18.0 Å². The zero-order valence-corrected chi connectivity index (χ0v) is 13.8. The molecule has 0 saturated heterocycles. The Hall–Kier alpha value is -2.87. The second kappa shape index (κ2) is 6.71. The van der Waals surface area contributed by atoms with E-state index in [1.165, 1.54) is 31.4 Å². The van der Waals surface area contributed by atoms with E-state index in [2.05, 4.69) is 9.46 Å². The molecule has 2 aromatic carbocycles. The van der Waals surface area contributed by atoms with E-state index in [1.54, 1.807) is 19.1 Å². The molecule has 0 radical (unpaired) electrons. The van der Waals surface area contributed by atoms with Crippen LogP contribution in [0.15, 0.2) is 47.4 Å². The van der Waals surface area contributed by atoms with Crippen molar-refractivity contribution in [3.8, 4) is 0 Å². The maximum atomic E-state index is 12.5. The number of carbonyl (C=O) groups excluding carboxylic acids is 1. The lowest BCUT2D eigenvalue weighted by Gasteiger charge is -2.12. The lowest BCUT2D eigenvalue weighted by molar-refractivity contribution is 0.0601. The minimum Gasteiger partial charge on any atom is -0.478 e. The molecule has 0 aliphatic rings. The highest BCUT2D eigenvalue weighted by molar-refractivity contribution is 7.92. The number of aryl methyl sites for hydroxylation is 1. The first-order valence-corrected chi connectivity index (χ1v) is 8.28. The van der Waals surface area contributed by atoms with Gasteiger partial charge in [-0.05, 0) is 36.8 Å². The average molecular weight is 349 g/mol. The summed E-state index contributed by atoms with van der Waals surface area (Å²) in [6.45, 7) is 1.57. The number of rotatable bonds is 5. The summed E-state index contributed by atoms with van der Waals surface area (Å²) in [5.41, 5.74) is 0.423. The van der Waals surface area contributed by atoms with Crippen molar-refractivity contribution in [3.05, 3.63) is 59.2 Å². The molecule has 0 amide bonds. The third kappa shape index (κ3) is 3.54. The van der Waals surface area contributed by atoms with Crippen LogP contribution < -0.4 is 4.72 Å². The molecule has 2 N–H and O–H groups in total. The van der Waals surface area contributed by atoms with Gasteiger partial charge in [0.2, 0.25) is 0 Å². The third-order valence-electron chi connectivity index (χ3n) is 3.33. The summed E-state index contributed by atoms with van der Waals surface area (Å²) in [6, 6.07) is 9.73. The number of carboxylic acids is 1. The first kappa shape index (κ1) is 17.5. The quantitative estimate of drug-likeness (QED) is 0.802. The van der Waals surface area contributed by atoms with Crippen molar-refractivity contribution in [3.63, 3.8) is 0 Å². The fourth-order valence-electron chi connectivity index (χ4n) is 2.06. The van der Waals surface area contributed by atoms with Gasteiger partial charge in [-0.1, -0.05) is 18.2 Å². The third-order valence-corrected chi connectivity index (χ3v) is 4.69. The first-order chi connectivity index (χ1) is 11.3. The molecule has 0 fully saturated rings. The van der Waals surface area contributed by atoms with Crippen LogP contribution in [0.25, 0.3) is 0 Å². The Balaban J connectivity index is 2.45. The van der Waals surface area contributed by atoms with Crippen LogP contribution in [-0.2, 0) is 14.8 Å². The number of carbonyl (C=O) groups is 2. The Morgan fingerprint density at radius 2 is 1.75 bits per heavy atom. The second-order valence-electron chi connectivity index (χ2n) is 4.92. The number of ether oxygens (including phenoxy) is 1. The first-order valence-electron chi connectivity index (χ1n) is 6.80. The van der Waals surface area contributed by atoms with Gasteiger partial charge >= 0.3 is 11.9 Å². The number of sulfonamides is 1. The molecule has 0 unspecified atom stereocenters. The summed E-state index contributed by atoms with van der Waals surface area (Å²) in [7, 11) is -2.88. The fourth-order valence-corrected chi connectivity index (χ4v) is 3.17. The van der Waals surface area contributed by atoms with Gasteiger partial charge in [0.05, 0.1) is 28.8 Å². The molecule has 0 aliphatic heterocycles. The van der Waals surface area contributed by atoms with Crippen LogP contribution in [0.5, 0.6) is 0 Å². The van der Waals surface area contributed by atoms with E-state index >= 15 is 0 Å². The van der Waals surface area contributed by atoms with Crippen LogP contribution in [-0.4, -0.2) is 32.6 Å². The van der Waals surface area contributed by atoms with E-state index in [0.29, 0.717) is 5.56 Å². The highest BCUT2D eigenvalue weighted by Crippen LogP contribution is 2.22. The van der Waals surface area contributed by atoms with Gasteiger partial charge in [-0.2, -0.15) is 0 Å². The Labute approximate surface area is 138 Å². The SMILES string of the molecule is COC(=O)c1ccccc1NS(=O)(=O)c1ccc(C)c(C(=O)O)c1. The molecule has 0 aromatic heterocycles. The number of esters is 1. The number of anilines is 1. The minimum absolute atomic E-state index is 0.0433. The summed E-state index contributed by atoms with van der Waals surface area (Å²) < 4.78 is 31.9. The number of benzene rings is 2. The molecular formula is C16H15NO6S. The molecule has 0 aliphatic carbocycles. The molecule has 24 heavy (non-hydrogen) atoms. The van der Waals surface area contributed by atoms with Crippen LogP contribution >= 0.6 is 0 Å². The Kier molecular flexibility index (Phi) is 4.89. The molecule has 2 aromatic rings. The highest BCUT2D eigenvalue weighted by atomic mass is 32.2. The van der Waals surface area contributed by atoms with Gasteiger partial charge < -0.3 is 9.84 Å². The summed E-state index contributed by atoms with van der Waals surface area (Å²) in [5, 5.41) is 9.12. The van der Waals surface area contributed by atoms with Gasteiger partial charge in [0, 0.05) is 0 Å². The Morgan fingerprint density at radius 1 is 1.08 bits per heavy atom. The van der Waals surface area contributed by atoms with Crippen molar-refractivity contribution in [2.75, 3.05) is 11.8 Å². The van der Waals surface area contributed by atoms with Crippen molar-refractivity contribution in [1.29, 1.82) is 0 Å². The number of hydrogen-bond donors (Lipinski definition) is 2. The van der Waals surface area contributed by atoms with Crippen LogP contribution in [0, 0.1) is 6.92 Å². The average Bonchev–Trinajstić information content (AvgIpc) is 2.54. The molecule has 0 heterocycles. The molecule has 0 saturated carbocycles. The Morgan fingerprint density at radius 3 is 2.38 bits per heavy atom. The topological polar surface area (TPSA) is 110 Å². The van der Waals surface area contributed by atoms with Crippen LogP contribution in [0.1, 0.15) is 26.3 Å². The largest absolute Gasteiger partial charge is 0.478 e. The van der Waals surface area contributed by atoms with Gasteiger partial charge in [0.1, 0.15) is 0 Å². The summed E-state index contributed by atoms with van der Waals surface area (Å²) in [5.74, 6) is -1.91. The highest BCUT2D eigenvalue weighted by Gasteiger charge is 2.20. The monoisotopic (exact) mass is 349 g/mol. The molecule has 0 spiro atoms. The number of aromatic carboxylic acids is 1.